The molecule has 0 aromatic heterocycles. The van der Waals surface area contributed by atoms with Gasteiger partial charge in [-0.2, -0.15) is 16.1 Å². The molecule has 1 amide bonds. The van der Waals surface area contributed by atoms with Gasteiger partial charge in [-0.05, 0) is 49.8 Å². The number of sulfonamides is 1. The van der Waals surface area contributed by atoms with Gasteiger partial charge in [-0.1, -0.05) is 30.3 Å². The number of nitrogens with zero attached hydrogens (tertiary/aromatic N) is 3. The van der Waals surface area contributed by atoms with Gasteiger partial charge in [0.15, 0.2) is 0 Å². The minimum atomic E-state index is -3.66. The maximum atomic E-state index is 13.4. The van der Waals surface area contributed by atoms with Crippen LogP contribution in [0.2, 0.25) is 0 Å². The number of likely N-dealkylation sites (tertiary alicyclic amines) is 1. The SMILES string of the molecule is CN(C)[C@H]1CCN(C(=O)c2cc(-c3ccccc3)cc(S(=O)(=O)N3CCSCC3)c2)C1. The molecule has 2 aromatic carbocycles. The molecule has 0 spiro atoms. The zero-order valence-corrected chi connectivity index (χ0v) is 19.7. The van der Waals surface area contributed by atoms with Crippen molar-refractivity contribution in [1.29, 1.82) is 0 Å². The predicted molar refractivity (Wildman–Crippen MR) is 126 cm³/mol. The fourth-order valence-electron chi connectivity index (χ4n) is 4.14. The molecule has 2 aliphatic rings. The quantitative estimate of drug-likeness (QED) is 0.688. The van der Waals surface area contributed by atoms with Gasteiger partial charge < -0.3 is 9.80 Å². The van der Waals surface area contributed by atoms with E-state index in [0.717, 1.165) is 29.1 Å². The van der Waals surface area contributed by atoms with E-state index in [1.165, 1.54) is 0 Å². The van der Waals surface area contributed by atoms with Gasteiger partial charge in [0.25, 0.3) is 5.91 Å². The van der Waals surface area contributed by atoms with Crippen molar-refractivity contribution >= 4 is 27.7 Å². The van der Waals surface area contributed by atoms with Crippen LogP contribution < -0.4 is 0 Å². The molecule has 2 aliphatic heterocycles. The van der Waals surface area contributed by atoms with Gasteiger partial charge in [-0.3, -0.25) is 4.79 Å². The summed E-state index contributed by atoms with van der Waals surface area (Å²) in [6, 6.07) is 15.1. The van der Waals surface area contributed by atoms with Gasteiger partial charge in [0.2, 0.25) is 10.0 Å². The van der Waals surface area contributed by atoms with Gasteiger partial charge in [-0.25, -0.2) is 8.42 Å². The summed E-state index contributed by atoms with van der Waals surface area (Å²) in [5.74, 6) is 1.49. The van der Waals surface area contributed by atoms with Crippen LogP contribution in [0.1, 0.15) is 16.8 Å². The third kappa shape index (κ3) is 4.82. The summed E-state index contributed by atoms with van der Waals surface area (Å²) < 4.78 is 28.3. The van der Waals surface area contributed by atoms with Crippen LogP contribution in [0.3, 0.4) is 0 Å². The second kappa shape index (κ2) is 9.32. The van der Waals surface area contributed by atoms with Gasteiger partial charge in [0, 0.05) is 49.3 Å². The molecule has 0 bridgehead atoms. The van der Waals surface area contributed by atoms with E-state index < -0.39 is 10.0 Å². The monoisotopic (exact) mass is 459 g/mol. The maximum absolute atomic E-state index is 13.4. The van der Waals surface area contributed by atoms with Crippen LogP contribution in [-0.2, 0) is 10.0 Å². The lowest BCUT2D eigenvalue weighted by Gasteiger charge is -2.26. The number of thioether (sulfide) groups is 1. The Kier molecular flexibility index (Phi) is 6.71. The number of benzene rings is 2. The van der Waals surface area contributed by atoms with E-state index in [4.69, 9.17) is 0 Å². The van der Waals surface area contributed by atoms with Crippen LogP contribution in [0.25, 0.3) is 11.1 Å². The Morgan fingerprint density at radius 1 is 1.00 bits per heavy atom. The Bertz CT molecular complexity index is 1040. The van der Waals surface area contributed by atoms with Crippen molar-refractivity contribution in [1.82, 2.24) is 14.1 Å². The first-order valence-corrected chi connectivity index (χ1v) is 13.2. The highest BCUT2D eigenvalue weighted by Gasteiger charge is 2.31. The standard InChI is InChI=1S/C23H29N3O3S2/c1-24(2)21-8-9-25(17-21)23(27)20-14-19(18-6-4-3-5-7-18)15-22(16-20)31(28,29)26-10-12-30-13-11-26/h3-7,14-16,21H,8-13,17H2,1-2H3/t21-/m0/s1. The average molecular weight is 460 g/mol. The summed E-state index contributed by atoms with van der Waals surface area (Å²) in [6.45, 7) is 2.35. The zero-order chi connectivity index (χ0) is 22.0. The van der Waals surface area contributed by atoms with Crippen LogP contribution in [0.5, 0.6) is 0 Å². The summed E-state index contributed by atoms with van der Waals surface area (Å²) in [5, 5.41) is 0. The normalized spacial score (nSPS) is 20.4. The van der Waals surface area contributed by atoms with Crippen molar-refractivity contribution in [2.45, 2.75) is 17.4 Å². The molecule has 8 heteroatoms. The first-order chi connectivity index (χ1) is 14.9. The van der Waals surface area contributed by atoms with Gasteiger partial charge >= 0.3 is 0 Å². The topological polar surface area (TPSA) is 60.9 Å². The predicted octanol–water partition coefficient (Wildman–Crippen LogP) is 2.87. The molecule has 1 atom stereocenters. The highest BCUT2D eigenvalue weighted by molar-refractivity contribution is 7.99. The molecule has 0 unspecified atom stereocenters. The van der Waals surface area contributed by atoms with Gasteiger partial charge in [-0.15, -0.1) is 0 Å². The molecule has 6 nitrogen and oxygen atoms in total. The first-order valence-electron chi connectivity index (χ1n) is 10.6. The molecule has 0 radical (unpaired) electrons. The summed E-state index contributed by atoms with van der Waals surface area (Å²) in [4.78, 5) is 17.5. The van der Waals surface area contributed by atoms with E-state index in [1.54, 1.807) is 28.2 Å². The van der Waals surface area contributed by atoms with E-state index >= 15 is 0 Å². The Balaban J connectivity index is 1.73. The Labute approximate surface area is 189 Å². The minimum absolute atomic E-state index is 0.104. The second-order valence-electron chi connectivity index (χ2n) is 8.29. The summed E-state index contributed by atoms with van der Waals surface area (Å²) in [7, 11) is 0.393. The number of hydrogen-bond donors (Lipinski definition) is 0. The van der Waals surface area contributed by atoms with Crippen LogP contribution >= 0.6 is 11.8 Å². The molecule has 2 saturated heterocycles. The van der Waals surface area contributed by atoms with Crippen molar-refractivity contribution in [3.8, 4) is 11.1 Å². The highest BCUT2D eigenvalue weighted by Crippen LogP contribution is 2.29. The molecule has 0 N–H and O–H groups in total. The molecule has 4 rings (SSSR count). The molecular formula is C23H29N3O3S2. The molecule has 31 heavy (non-hydrogen) atoms. The summed E-state index contributed by atoms with van der Waals surface area (Å²) in [5.41, 5.74) is 2.08. The Morgan fingerprint density at radius 3 is 2.35 bits per heavy atom. The largest absolute Gasteiger partial charge is 0.337 e. The van der Waals surface area contributed by atoms with E-state index in [9.17, 15) is 13.2 Å². The lowest BCUT2D eigenvalue weighted by molar-refractivity contribution is 0.0783. The summed E-state index contributed by atoms with van der Waals surface area (Å²) >= 11 is 1.77. The van der Waals surface area contributed by atoms with E-state index in [2.05, 4.69) is 4.90 Å². The third-order valence-corrected chi connectivity index (χ3v) is 8.87. The van der Waals surface area contributed by atoms with Crippen molar-refractivity contribution in [3.05, 3.63) is 54.1 Å². The molecule has 2 fully saturated rings. The van der Waals surface area contributed by atoms with Crippen LogP contribution in [0, 0.1) is 0 Å². The van der Waals surface area contributed by atoms with E-state index in [0.29, 0.717) is 37.8 Å². The highest BCUT2D eigenvalue weighted by atomic mass is 32.2. The van der Waals surface area contributed by atoms with Crippen LogP contribution in [0.15, 0.2) is 53.4 Å². The first kappa shape index (κ1) is 22.3. The van der Waals surface area contributed by atoms with Crippen molar-refractivity contribution in [2.75, 3.05) is 51.8 Å². The second-order valence-corrected chi connectivity index (χ2v) is 11.4. The molecular weight excluding hydrogens is 430 g/mol. The maximum Gasteiger partial charge on any atom is 0.253 e. The average Bonchev–Trinajstić information content (AvgIpc) is 3.30. The van der Waals surface area contributed by atoms with Gasteiger partial charge in [0.1, 0.15) is 0 Å². The number of rotatable bonds is 5. The van der Waals surface area contributed by atoms with E-state index in [1.807, 2.05) is 55.4 Å². The number of likely N-dealkylation sites (N-methyl/N-ethyl adjacent to an activating group) is 1. The molecule has 0 aliphatic carbocycles. The number of hydrogen-bond acceptors (Lipinski definition) is 5. The van der Waals surface area contributed by atoms with E-state index in [-0.39, 0.29) is 10.8 Å². The summed E-state index contributed by atoms with van der Waals surface area (Å²) in [6.07, 6.45) is 0.924. The van der Waals surface area contributed by atoms with Crippen molar-refractivity contribution < 1.29 is 13.2 Å². The number of carbonyl (C=O) groups excluding carboxylic acids is 1. The minimum Gasteiger partial charge on any atom is -0.337 e. The fraction of sp³-hybridized carbons (Fsp3) is 0.435. The Morgan fingerprint density at radius 2 is 1.71 bits per heavy atom. The van der Waals surface area contributed by atoms with Crippen molar-refractivity contribution in [2.24, 2.45) is 0 Å². The van der Waals surface area contributed by atoms with Crippen molar-refractivity contribution in [3.63, 3.8) is 0 Å². The lowest BCUT2D eigenvalue weighted by Crippen LogP contribution is -2.38. The number of amides is 1. The van der Waals surface area contributed by atoms with Crippen LogP contribution in [-0.4, -0.2) is 86.3 Å². The fourth-order valence-corrected chi connectivity index (χ4v) is 6.78. The number of carbonyl (C=O) groups is 1. The third-order valence-electron chi connectivity index (χ3n) is 6.05. The molecule has 2 heterocycles. The molecule has 166 valence electrons. The zero-order valence-electron chi connectivity index (χ0n) is 18.0. The smallest absolute Gasteiger partial charge is 0.253 e. The molecule has 2 aromatic rings. The van der Waals surface area contributed by atoms with Crippen LogP contribution in [0.4, 0.5) is 0 Å². The van der Waals surface area contributed by atoms with Gasteiger partial charge in [0.05, 0.1) is 4.90 Å². The lowest BCUT2D eigenvalue weighted by atomic mass is 10.0. The molecule has 0 saturated carbocycles. The Hall–Kier alpha value is -1.87.